The minimum absolute atomic E-state index is 0.251. The molecule has 1 aromatic heterocycles. The van der Waals surface area contributed by atoms with E-state index in [1.165, 1.54) is 6.07 Å². The minimum atomic E-state index is -0.326. The van der Waals surface area contributed by atoms with E-state index in [2.05, 4.69) is 4.98 Å². The number of pyridine rings is 1. The Morgan fingerprint density at radius 2 is 2.19 bits per heavy atom. The first-order chi connectivity index (χ1) is 10.1. The number of halogens is 1. The van der Waals surface area contributed by atoms with Gasteiger partial charge in [0.2, 0.25) is 0 Å². The van der Waals surface area contributed by atoms with E-state index in [1.54, 1.807) is 6.20 Å². The predicted octanol–water partition coefficient (Wildman–Crippen LogP) is 2.16. The van der Waals surface area contributed by atoms with Gasteiger partial charge in [-0.15, -0.1) is 0 Å². The van der Waals surface area contributed by atoms with Crippen LogP contribution in [0.5, 0.6) is 0 Å². The van der Waals surface area contributed by atoms with Crippen LogP contribution in [0.4, 0.5) is 15.8 Å². The number of hydrogen-bond acceptors (Lipinski definition) is 4. The lowest BCUT2D eigenvalue weighted by Gasteiger charge is -2.23. The first kappa shape index (κ1) is 12.8. The summed E-state index contributed by atoms with van der Waals surface area (Å²) in [4.78, 5) is 6.37. The fourth-order valence-electron chi connectivity index (χ4n) is 3.94. The van der Waals surface area contributed by atoms with Crippen molar-refractivity contribution in [3.63, 3.8) is 0 Å². The molecule has 3 N–H and O–H groups in total. The highest BCUT2D eigenvalue weighted by atomic mass is 19.1. The zero-order valence-corrected chi connectivity index (χ0v) is 11.7. The van der Waals surface area contributed by atoms with Gasteiger partial charge in [0.1, 0.15) is 0 Å². The Morgan fingerprint density at radius 1 is 1.33 bits per heavy atom. The molecule has 0 bridgehead atoms. The highest BCUT2D eigenvalue weighted by Gasteiger charge is 2.42. The molecule has 4 nitrogen and oxygen atoms in total. The zero-order chi connectivity index (χ0) is 14.6. The van der Waals surface area contributed by atoms with Gasteiger partial charge in [0, 0.05) is 36.3 Å². The molecule has 3 atom stereocenters. The molecule has 3 unspecified atom stereocenters. The molecular formula is C16H18FN3O. The second-order valence-corrected chi connectivity index (χ2v) is 6.17. The summed E-state index contributed by atoms with van der Waals surface area (Å²) in [5.74, 6) is 0.379. The number of aliphatic hydroxyl groups excluding tert-OH is 1. The minimum Gasteiger partial charge on any atom is -0.398 e. The Kier molecular flexibility index (Phi) is 2.79. The fraction of sp³-hybridized carbons (Fsp3) is 0.438. The van der Waals surface area contributed by atoms with Gasteiger partial charge in [0.05, 0.1) is 17.3 Å². The molecule has 5 heteroatoms. The van der Waals surface area contributed by atoms with Crippen molar-refractivity contribution in [2.75, 3.05) is 23.7 Å². The molecule has 2 aromatic rings. The van der Waals surface area contributed by atoms with Crippen LogP contribution in [-0.4, -0.2) is 29.3 Å². The van der Waals surface area contributed by atoms with Crippen molar-refractivity contribution < 1.29 is 9.50 Å². The predicted molar refractivity (Wildman–Crippen MR) is 80.5 cm³/mol. The average Bonchev–Trinajstić information content (AvgIpc) is 3.02. The topological polar surface area (TPSA) is 62.4 Å². The number of aliphatic hydroxyl groups is 1. The number of nitrogens with two attached hydrogens (primary N) is 1. The maximum Gasteiger partial charge on any atom is 0.150 e. The van der Waals surface area contributed by atoms with Crippen LogP contribution in [-0.2, 0) is 0 Å². The molecular weight excluding hydrogens is 269 g/mol. The monoisotopic (exact) mass is 287 g/mol. The molecule has 2 aliphatic rings. The summed E-state index contributed by atoms with van der Waals surface area (Å²) in [6.07, 6.45) is 3.30. The summed E-state index contributed by atoms with van der Waals surface area (Å²) in [6, 6.07) is 5.05. The number of nitrogens with zero attached hydrogens (tertiary/aromatic N) is 2. The van der Waals surface area contributed by atoms with Gasteiger partial charge < -0.3 is 15.7 Å². The van der Waals surface area contributed by atoms with Gasteiger partial charge in [0.15, 0.2) is 5.82 Å². The van der Waals surface area contributed by atoms with Gasteiger partial charge in [-0.3, -0.25) is 4.98 Å². The Bertz CT molecular complexity index is 705. The number of aromatic nitrogens is 1. The lowest BCUT2D eigenvalue weighted by molar-refractivity contribution is 0.133. The molecule has 1 aliphatic carbocycles. The Morgan fingerprint density at radius 3 is 3.00 bits per heavy atom. The van der Waals surface area contributed by atoms with Crippen LogP contribution >= 0.6 is 0 Å². The van der Waals surface area contributed by atoms with E-state index in [1.807, 2.05) is 17.0 Å². The van der Waals surface area contributed by atoms with Crippen molar-refractivity contribution in [1.29, 1.82) is 0 Å². The largest absolute Gasteiger partial charge is 0.398 e. The molecule has 0 radical (unpaired) electrons. The van der Waals surface area contributed by atoms with Crippen LogP contribution < -0.4 is 10.6 Å². The van der Waals surface area contributed by atoms with Crippen molar-refractivity contribution in [2.24, 2.45) is 11.8 Å². The van der Waals surface area contributed by atoms with E-state index in [0.29, 0.717) is 29.4 Å². The third-order valence-corrected chi connectivity index (χ3v) is 4.99. The number of fused-ring (bicyclic) bond motifs is 2. The maximum atomic E-state index is 14.5. The molecule has 110 valence electrons. The average molecular weight is 287 g/mol. The molecule has 1 aromatic carbocycles. The van der Waals surface area contributed by atoms with Crippen LogP contribution in [0.1, 0.15) is 12.8 Å². The summed E-state index contributed by atoms with van der Waals surface area (Å²) >= 11 is 0. The lowest BCUT2D eigenvalue weighted by atomic mass is 10.00. The van der Waals surface area contributed by atoms with Crippen molar-refractivity contribution in [3.05, 3.63) is 30.2 Å². The second-order valence-electron chi connectivity index (χ2n) is 6.17. The summed E-state index contributed by atoms with van der Waals surface area (Å²) in [6.45, 7) is 1.48. The summed E-state index contributed by atoms with van der Waals surface area (Å²) < 4.78 is 14.5. The van der Waals surface area contributed by atoms with Crippen LogP contribution in [0, 0.1) is 17.7 Å². The summed E-state index contributed by atoms with van der Waals surface area (Å²) in [5, 5.41) is 10.8. The van der Waals surface area contributed by atoms with E-state index >= 15 is 0 Å². The first-order valence-electron chi connectivity index (χ1n) is 7.41. The van der Waals surface area contributed by atoms with Gasteiger partial charge in [0.25, 0.3) is 0 Å². The van der Waals surface area contributed by atoms with Crippen molar-refractivity contribution in [1.82, 2.24) is 4.98 Å². The Balaban J connectivity index is 1.81. The fourth-order valence-corrected chi connectivity index (χ4v) is 3.94. The van der Waals surface area contributed by atoms with Gasteiger partial charge >= 0.3 is 0 Å². The molecule has 1 saturated heterocycles. The van der Waals surface area contributed by atoms with Crippen molar-refractivity contribution >= 4 is 22.3 Å². The lowest BCUT2D eigenvalue weighted by Crippen LogP contribution is -2.25. The Labute approximate surface area is 122 Å². The molecule has 21 heavy (non-hydrogen) atoms. The van der Waals surface area contributed by atoms with Gasteiger partial charge in [-0.05, 0) is 37.0 Å². The van der Waals surface area contributed by atoms with E-state index in [0.717, 1.165) is 24.8 Å². The van der Waals surface area contributed by atoms with E-state index < -0.39 is 0 Å². The maximum absolute atomic E-state index is 14.5. The van der Waals surface area contributed by atoms with Gasteiger partial charge in [-0.2, -0.15) is 0 Å². The third-order valence-electron chi connectivity index (χ3n) is 4.99. The molecule has 1 aliphatic heterocycles. The summed E-state index contributed by atoms with van der Waals surface area (Å²) in [5.41, 5.74) is 7.46. The van der Waals surface area contributed by atoms with Crippen LogP contribution in [0.3, 0.4) is 0 Å². The van der Waals surface area contributed by atoms with Crippen LogP contribution in [0.2, 0.25) is 0 Å². The number of benzene rings is 1. The number of anilines is 2. The van der Waals surface area contributed by atoms with Gasteiger partial charge in [-0.1, -0.05) is 0 Å². The molecule has 0 amide bonds. The molecule has 1 saturated carbocycles. The van der Waals surface area contributed by atoms with E-state index in [9.17, 15) is 9.50 Å². The second kappa shape index (κ2) is 4.56. The highest BCUT2D eigenvalue weighted by molar-refractivity contribution is 5.99. The summed E-state index contributed by atoms with van der Waals surface area (Å²) in [7, 11) is 0. The molecule has 2 fully saturated rings. The highest BCUT2D eigenvalue weighted by Crippen LogP contribution is 2.42. The third kappa shape index (κ3) is 1.87. The number of rotatable bonds is 1. The van der Waals surface area contributed by atoms with E-state index in [-0.39, 0.29) is 17.8 Å². The van der Waals surface area contributed by atoms with Crippen molar-refractivity contribution in [3.8, 4) is 0 Å². The molecule has 4 rings (SSSR count). The first-order valence-corrected chi connectivity index (χ1v) is 7.41. The quantitative estimate of drug-likeness (QED) is 0.789. The SMILES string of the molecule is Nc1cc(F)c(N2CC3CCC(O)C3C2)c2ncccc12. The Hall–Kier alpha value is -1.88. The number of nitrogen functional groups attached to an aromatic ring is 1. The van der Waals surface area contributed by atoms with Crippen molar-refractivity contribution in [2.45, 2.75) is 18.9 Å². The molecule has 0 spiro atoms. The smallest absolute Gasteiger partial charge is 0.150 e. The molecule has 2 heterocycles. The van der Waals surface area contributed by atoms with Gasteiger partial charge in [-0.25, -0.2) is 4.39 Å². The van der Waals surface area contributed by atoms with Crippen LogP contribution in [0.25, 0.3) is 10.9 Å². The number of hydrogen-bond donors (Lipinski definition) is 2. The van der Waals surface area contributed by atoms with Crippen LogP contribution in [0.15, 0.2) is 24.4 Å². The zero-order valence-electron chi connectivity index (χ0n) is 11.7. The standard InChI is InChI=1S/C16H18FN3O/c17-12-6-13(18)10-2-1-5-19-15(10)16(12)20-7-9-3-4-14(21)11(9)8-20/h1-2,5-6,9,11,14,21H,3-4,7-8,18H2. The normalized spacial score (nSPS) is 28.3. The van der Waals surface area contributed by atoms with E-state index in [4.69, 9.17) is 5.73 Å².